The number of carbonyl (C=O) groups excluding carboxylic acids is 3. The third-order valence-electron chi connectivity index (χ3n) is 3.19. The lowest BCUT2D eigenvalue weighted by atomic mass is 10.1. The molecule has 2 rings (SSSR count). The number of rotatable bonds is 3. The van der Waals surface area contributed by atoms with Crippen molar-refractivity contribution in [1.82, 2.24) is 10.9 Å². The number of phenolic OH excluding ortho intramolecular Hbond substituents is 3. The highest BCUT2D eigenvalue weighted by Gasteiger charge is 2.15. The maximum absolute atomic E-state index is 11.9. The number of hydrazine groups is 1. The van der Waals surface area contributed by atoms with Crippen LogP contribution >= 0.6 is 0 Å². The average Bonchev–Trinajstić information content (AvgIpc) is 2.62. The van der Waals surface area contributed by atoms with E-state index in [0.29, 0.717) is 0 Å². The van der Waals surface area contributed by atoms with Crippen molar-refractivity contribution in [3.05, 3.63) is 53.1 Å². The largest absolute Gasteiger partial charge is 0.504 e. The number of ether oxygens (including phenoxy) is 1. The number of hydrogen-bond acceptors (Lipinski definition) is 7. The van der Waals surface area contributed by atoms with E-state index in [1.54, 1.807) is 0 Å². The number of benzene rings is 2. The summed E-state index contributed by atoms with van der Waals surface area (Å²) in [5.41, 5.74) is 4.47. The van der Waals surface area contributed by atoms with Crippen molar-refractivity contribution in [3.8, 4) is 17.2 Å². The zero-order chi connectivity index (χ0) is 18.6. The van der Waals surface area contributed by atoms with Gasteiger partial charge in [0.1, 0.15) is 0 Å². The van der Waals surface area contributed by atoms with E-state index in [0.717, 1.165) is 12.1 Å². The standard InChI is InChI=1S/C16H14N2O7/c1-25-16(24)9-4-2-8(3-5-9)14(22)17-18-15(23)10-6-11(19)13(21)12(20)7-10/h2-7,19-21H,1H3,(H,17,22)(H,18,23). The van der Waals surface area contributed by atoms with E-state index in [4.69, 9.17) is 0 Å². The van der Waals surface area contributed by atoms with Gasteiger partial charge in [-0.2, -0.15) is 0 Å². The molecule has 0 saturated carbocycles. The first-order valence-corrected chi connectivity index (χ1v) is 6.87. The van der Waals surface area contributed by atoms with Crippen LogP contribution in [0.25, 0.3) is 0 Å². The number of methoxy groups -OCH3 is 1. The van der Waals surface area contributed by atoms with Gasteiger partial charge in [0.05, 0.1) is 12.7 Å². The maximum Gasteiger partial charge on any atom is 0.337 e. The van der Waals surface area contributed by atoms with E-state index < -0.39 is 35.0 Å². The van der Waals surface area contributed by atoms with Crippen LogP contribution < -0.4 is 10.9 Å². The first kappa shape index (κ1) is 17.6. The van der Waals surface area contributed by atoms with Crippen molar-refractivity contribution in [2.75, 3.05) is 7.11 Å². The van der Waals surface area contributed by atoms with Crippen molar-refractivity contribution in [1.29, 1.82) is 0 Å². The summed E-state index contributed by atoms with van der Waals surface area (Å²) in [5.74, 6) is -4.16. The summed E-state index contributed by atoms with van der Waals surface area (Å²) in [7, 11) is 1.23. The number of esters is 1. The first-order chi connectivity index (χ1) is 11.8. The first-order valence-electron chi connectivity index (χ1n) is 6.87. The Bertz CT molecular complexity index is 808. The molecule has 0 aromatic heterocycles. The van der Waals surface area contributed by atoms with E-state index in [9.17, 15) is 29.7 Å². The third-order valence-corrected chi connectivity index (χ3v) is 3.19. The molecule has 0 aliphatic carbocycles. The van der Waals surface area contributed by atoms with Crippen LogP contribution in [-0.4, -0.2) is 40.2 Å². The number of aromatic hydroxyl groups is 3. The Morgan fingerprint density at radius 1 is 0.800 bits per heavy atom. The summed E-state index contributed by atoms with van der Waals surface area (Å²) in [6, 6.07) is 7.35. The van der Waals surface area contributed by atoms with Crippen molar-refractivity contribution in [2.24, 2.45) is 0 Å². The van der Waals surface area contributed by atoms with Crippen LogP contribution in [0, 0.1) is 0 Å². The molecule has 130 valence electrons. The number of phenols is 3. The fourth-order valence-corrected chi connectivity index (χ4v) is 1.87. The molecule has 0 aliphatic rings. The molecule has 0 heterocycles. The highest BCUT2D eigenvalue weighted by molar-refractivity contribution is 6.00. The van der Waals surface area contributed by atoms with Crippen LogP contribution in [0.2, 0.25) is 0 Å². The number of carbonyl (C=O) groups is 3. The SMILES string of the molecule is COC(=O)c1ccc(C(=O)NNC(=O)c2cc(O)c(O)c(O)c2)cc1. The smallest absolute Gasteiger partial charge is 0.337 e. The third kappa shape index (κ3) is 3.96. The predicted molar refractivity (Wildman–Crippen MR) is 84.2 cm³/mol. The Balaban J connectivity index is 2.02. The molecule has 0 fully saturated rings. The van der Waals surface area contributed by atoms with E-state index in [2.05, 4.69) is 15.6 Å². The van der Waals surface area contributed by atoms with Crippen molar-refractivity contribution in [2.45, 2.75) is 0 Å². The Kier molecular flexibility index (Phi) is 5.08. The zero-order valence-electron chi connectivity index (χ0n) is 12.9. The summed E-state index contributed by atoms with van der Waals surface area (Å²) >= 11 is 0. The molecule has 0 bridgehead atoms. The molecule has 2 aromatic carbocycles. The van der Waals surface area contributed by atoms with Gasteiger partial charge in [-0.05, 0) is 36.4 Å². The summed E-state index contributed by atoms with van der Waals surface area (Å²) < 4.78 is 4.54. The van der Waals surface area contributed by atoms with Crippen LogP contribution in [0.4, 0.5) is 0 Å². The molecule has 0 unspecified atom stereocenters. The molecule has 0 saturated heterocycles. The van der Waals surface area contributed by atoms with Gasteiger partial charge < -0.3 is 20.1 Å². The van der Waals surface area contributed by atoms with Crippen molar-refractivity contribution < 1.29 is 34.4 Å². The average molecular weight is 346 g/mol. The van der Waals surface area contributed by atoms with Crippen molar-refractivity contribution >= 4 is 17.8 Å². The Hall–Kier alpha value is -3.75. The van der Waals surface area contributed by atoms with E-state index in [-0.39, 0.29) is 16.7 Å². The lowest BCUT2D eigenvalue weighted by molar-refractivity contribution is 0.0600. The van der Waals surface area contributed by atoms with Gasteiger partial charge in [-0.1, -0.05) is 0 Å². The normalized spacial score (nSPS) is 9.96. The molecule has 2 aromatic rings. The Morgan fingerprint density at radius 3 is 1.72 bits per heavy atom. The van der Waals surface area contributed by atoms with Gasteiger partial charge in [0.25, 0.3) is 11.8 Å². The maximum atomic E-state index is 11.9. The van der Waals surface area contributed by atoms with E-state index >= 15 is 0 Å². The molecule has 0 aliphatic heterocycles. The monoisotopic (exact) mass is 346 g/mol. The second-order valence-electron chi connectivity index (χ2n) is 4.84. The minimum Gasteiger partial charge on any atom is -0.504 e. The van der Waals surface area contributed by atoms with Gasteiger partial charge in [-0.3, -0.25) is 20.4 Å². The summed E-state index contributed by atoms with van der Waals surface area (Å²) in [6.45, 7) is 0. The molecule has 5 N–H and O–H groups in total. The van der Waals surface area contributed by atoms with Crippen LogP contribution in [0.3, 0.4) is 0 Å². The molecule has 25 heavy (non-hydrogen) atoms. The topological polar surface area (TPSA) is 145 Å². The minimum absolute atomic E-state index is 0.171. The van der Waals surface area contributed by atoms with Crippen LogP contribution in [0.1, 0.15) is 31.1 Å². The van der Waals surface area contributed by atoms with Gasteiger partial charge in [0.15, 0.2) is 17.2 Å². The van der Waals surface area contributed by atoms with Gasteiger partial charge in [-0.15, -0.1) is 0 Å². The number of amides is 2. The lowest BCUT2D eigenvalue weighted by Gasteiger charge is -2.09. The van der Waals surface area contributed by atoms with E-state index in [1.807, 2.05) is 0 Å². The predicted octanol–water partition coefficient (Wildman–Crippen LogP) is 0.665. The summed E-state index contributed by atoms with van der Waals surface area (Å²) in [6.07, 6.45) is 0. The molecule has 9 nitrogen and oxygen atoms in total. The molecule has 2 amide bonds. The van der Waals surface area contributed by atoms with Crippen molar-refractivity contribution in [3.63, 3.8) is 0 Å². The number of nitrogens with one attached hydrogen (secondary N) is 2. The van der Waals surface area contributed by atoms with Crippen LogP contribution in [0.5, 0.6) is 17.2 Å². The lowest BCUT2D eigenvalue weighted by Crippen LogP contribution is -2.41. The summed E-state index contributed by atoms with van der Waals surface area (Å²) in [4.78, 5) is 35.1. The van der Waals surface area contributed by atoms with E-state index in [1.165, 1.54) is 31.4 Å². The molecule has 0 radical (unpaired) electrons. The van der Waals surface area contributed by atoms with Gasteiger partial charge in [0, 0.05) is 11.1 Å². The second kappa shape index (κ2) is 7.21. The molecular formula is C16H14N2O7. The molecule has 9 heteroatoms. The summed E-state index contributed by atoms with van der Waals surface area (Å²) in [5, 5.41) is 27.9. The number of hydrogen-bond donors (Lipinski definition) is 5. The van der Waals surface area contributed by atoms with Crippen LogP contribution in [0.15, 0.2) is 36.4 Å². The molecule has 0 atom stereocenters. The Labute approximate surface area is 141 Å². The molecular weight excluding hydrogens is 332 g/mol. The quantitative estimate of drug-likeness (QED) is 0.312. The Morgan fingerprint density at radius 2 is 1.24 bits per heavy atom. The van der Waals surface area contributed by atoms with Crippen LogP contribution in [-0.2, 0) is 4.74 Å². The fourth-order valence-electron chi connectivity index (χ4n) is 1.87. The minimum atomic E-state index is -0.829. The van der Waals surface area contributed by atoms with Gasteiger partial charge in [0.2, 0.25) is 0 Å². The highest BCUT2D eigenvalue weighted by Crippen LogP contribution is 2.35. The van der Waals surface area contributed by atoms with Gasteiger partial charge in [-0.25, -0.2) is 4.79 Å². The second-order valence-corrected chi connectivity index (χ2v) is 4.84. The van der Waals surface area contributed by atoms with Gasteiger partial charge >= 0.3 is 5.97 Å². The molecule has 0 spiro atoms. The highest BCUT2D eigenvalue weighted by atomic mass is 16.5. The fraction of sp³-hybridized carbons (Fsp3) is 0.0625. The zero-order valence-corrected chi connectivity index (χ0v) is 12.9.